The number of rotatable bonds is 4. The van der Waals surface area contributed by atoms with E-state index in [1.165, 1.54) is 32.9 Å². The lowest BCUT2D eigenvalue weighted by Gasteiger charge is -2.23. The first-order valence-corrected chi connectivity index (χ1v) is 6.33. The highest BCUT2D eigenvalue weighted by molar-refractivity contribution is 5.69. The second-order valence-corrected chi connectivity index (χ2v) is 4.91. The lowest BCUT2D eigenvalue weighted by molar-refractivity contribution is -0.140. The van der Waals surface area contributed by atoms with Crippen LogP contribution in [0.15, 0.2) is 0 Å². The molecule has 0 aromatic heterocycles. The average Bonchev–Trinajstić information content (AvgIpc) is 2.61. The molecular formula is C12H22N2O2. The van der Waals surface area contributed by atoms with Gasteiger partial charge in [-0.2, -0.15) is 0 Å². The maximum atomic E-state index is 11.0. The number of esters is 1. The minimum atomic E-state index is -0.0885. The molecule has 92 valence electrons. The first-order valence-electron chi connectivity index (χ1n) is 6.33. The summed E-state index contributed by atoms with van der Waals surface area (Å²) in [5.41, 5.74) is 0. The predicted octanol–water partition coefficient (Wildman–Crippen LogP) is 0.766. The fraction of sp³-hybridized carbons (Fsp3) is 0.917. The summed E-state index contributed by atoms with van der Waals surface area (Å²) in [6, 6.07) is 1.43. The molecule has 0 spiro atoms. The Kier molecular flexibility index (Phi) is 4.18. The molecule has 2 unspecified atom stereocenters. The number of likely N-dealkylation sites (tertiary alicyclic amines) is 1. The highest BCUT2D eigenvalue weighted by Gasteiger charge is 2.28. The summed E-state index contributed by atoms with van der Waals surface area (Å²) in [6.45, 7) is 3.35. The second kappa shape index (κ2) is 5.64. The maximum absolute atomic E-state index is 11.0. The van der Waals surface area contributed by atoms with E-state index in [0.29, 0.717) is 12.5 Å². The molecule has 1 N–H and O–H groups in total. The van der Waals surface area contributed by atoms with E-state index in [1.54, 1.807) is 0 Å². The molecule has 4 nitrogen and oxygen atoms in total. The molecule has 2 aliphatic rings. The Morgan fingerprint density at radius 2 is 2.19 bits per heavy atom. The first kappa shape index (κ1) is 11.9. The van der Waals surface area contributed by atoms with E-state index >= 15 is 0 Å². The summed E-state index contributed by atoms with van der Waals surface area (Å²) in [5.74, 6) is -0.0885. The van der Waals surface area contributed by atoms with E-state index in [1.807, 2.05) is 0 Å². The summed E-state index contributed by atoms with van der Waals surface area (Å²) < 4.78 is 4.64. The third-order valence-electron chi connectivity index (χ3n) is 3.69. The van der Waals surface area contributed by atoms with E-state index in [-0.39, 0.29) is 5.97 Å². The van der Waals surface area contributed by atoms with Gasteiger partial charge >= 0.3 is 5.97 Å². The maximum Gasteiger partial charge on any atom is 0.305 e. The Morgan fingerprint density at radius 3 is 3.00 bits per heavy atom. The van der Waals surface area contributed by atoms with Gasteiger partial charge in [-0.15, -0.1) is 0 Å². The normalized spacial score (nSPS) is 30.1. The number of carbonyl (C=O) groups is 1. The molecule has 0 aromatic carbocycles. The minimum Gasteiger partial charge on any atom is -0.469 e. The Labute approximate surface area is 97.3 Å². The van der Waals surface area contributed by atoms with Crippen LogP contribution in [0.4, 0.5) is 0 Å². The van der Waals surface area contributed by atoms with Gasteiger partial charge in [0.05, 0.1) is 7.11 Å². The third kappa shape index (κ3) is 3.19. The topological polar surface area (TPSA) is 41.6 Å². The van der Waals surface area contributed by atoms with Crippen molar-refractivity contribution < 1.29 is 9.53 Å². The van der Waals surface area contributed by atoms with Crippen LogP contribution >= 0.6 is 0 Å². The van der Waals surface area contributed by atoms with Gasteiger partial charge in [0.15, 0.2) is 0 Å². The molecule has 0 aromatic rings. The molecule has 2 saturated heterocycles. The van der Waals surface area contributed by atoms with E-state index in [4.69, 9.17) is 0 Å². The summed E-state index contributed by atoms with van der Waals surface area (Å²) >= 11 is 0. The molecule has 4 heteroatoms. The Balaban J connectivity index is 1.68. The monoisotopic (exact) mass is 226 g/mol. The standard InChI is InChI=1S/C12H22N2O2/c1-16-12(15)3-2-7-14-8-6-10-4-5-11(9-14)13-10/h10-11,13H,2-9H2,1H3. The quantitative estimate of drug-likeness (QED) is 0.719. The van der Waals surface area contributed by atoms with Crippen LogP contribution in [0.5, 0.6) is 0 Å². The molecule has 2 fully saturated rings. The van der Waals surface area contributed by atoms with E-state index in [2.05, 4.69) is 15.0 Å². The number of hydrogen-bond donors (Lipinski definition) is 1. The smallest absolute Gasteiger partial charge is 0.305 e. The molecule has 2 heterocycles. The molecule has 0 aliphatic carbocycles. The molecule has 2 bridgehead atoms. The number of nitrogens with zero attached hydrogens (tertiary/aromatic N) is 1. The molecular weight excluding hydrogens is 204 g/mol. The van der Waals surface area contributed by atoms with Crippen LogP contribution in [0.25, 0.3) is 0 Å². The summed E-state index contributed by atoms with van der Waals surface area (Å²) in [6.07, 6.45) is 5.39. The summed E-state index contributed by atoms with van der Waals surface area (Å²) in [4.78, 5) is 13.5. The van der Waals surface area contributed by atoms with Gasteiger partial charge in [0.25, 0.3) is 0 Å². The lowest BCUT2D eigenvalue weighted by Crippen LogP contribution is -2.35. The fourth-order valence-corrected chi connectivity index (χ4v) is 2.77. The van der Waals surface area contributed by atoms with Crippen LogP contribution in [-0.2, 0) is 9.53 Å². The van der Waals surface area contributed by atoms with Gasteiger partial charge in [0.1, 0.15) is 0 Å². The second-order valence-electron chi connectivity index (χ2n) is 4.91. The van der Waals surface area contributed by atoms with Crippen LogP contribution in [0, 0.1) is 0 Å². The first-order chi connectivity index (χ1) is 7.78. The number of nitrogens with one attached hydrogen (secondary N) is 1. The largest absolute Gasteiger partial charge is 0.469 e. The lowest BCUT2D eigenvalue weighted by atomic mass is 10.1. The van der Waals surface area contributed by atoms with Crippen molar-refractivity contribution in [3.8, 4) is 0 Å². The van der Waals surface area contributed by atoms with Gasteiger partial charge in [-0.05, 0) is 38.8 Å². The third-order valence-corrected chi connectivity index (χ3v) is 3.69. The molecule has 0 saturated carbocycles. The molecule has 16 heavy (non-hydrogen) atoms. The highest BCUT2D eigenvalue weighted by atomic mass is 16.5. The van der Waals surface area contributed by atoms with Crippen molar-refractivity contribution in [2.45, 2.75) is 44.2 Å². The summed E-state index contributed by atoms with van der Waals surface area (Å²) in [5, 5.41) is 3.66. The van der Waals surface area contributed by atoms with E-state index in [0.717, 1.165) is 25.6 Å². The van der Waals surface area contributed by atoms with Crippen LogP contribution in [-0.4, -0.2) is 49.7 Å². The van der Waals surface area contributed by atoms with Crippen molar-refractivity contribution in [2.24, 2.45) is 0 Å². The Hall–Kier alpha value is -0.610. The van der Waals surface area contributed by atoms with E-state index < -0.39 is 0 Å². The van der Waals surface area contributed by atoms with Gasteiger partial charge in [0.2, 0.25) is 0 Å². The van der Waals surface area contributed by atoms with Gasteiger partial charge < -0.3 is 15.0 Å². The Morgan fingerprint density at radius 1 is 1.38 bits per heavy atom. The zero-order valence-corrected chi connectivity index (χ0v) is 10.1. The van der Waals surface area contributed by atoms with Gasteiger partial charge in [-0.3, -0.25) is 4.79 Å². The number of fused-ring (bicyclic) bond motifs is 2. The average molecular weight is 226 g/mol. The fourth-order valence-electron chi connectivity index (χ4n) is 2.77. The summed E-state index contributed by atoms with van der Waals surface area (Å²) in [7, 11) is 1.46. The van der Waals surface area contributed by atoms with Gasteiger partial charge in [0, 0.05) is 25.0 Å². The number of ether oxygens (including phenoxy) is 1. The predicted molar refractivity (Wildman–Crippen MR) is 62.3 cm³/mol. The van der Waals surface area contributed by atoms with E-state index in [9.17, 15) is 4.79 Å². The van der Waals surface area contributed by atoms with Crippen molar-refractivity contribution in [3.05, 3.63) is 0 Å². The molecule has 2 atom stereocenters. The van der Waals surface area contributed by atoms with Crippen molar-refractivity contribution in [2.75, 3.05) is 26.7 Å². The van der Waals surface area contributed by atoms with Crippen molar-refractivity contribution >= 4 is 5.97 Å². The zero-order valence-electron chi connectivity index (χ0n) is 10.1. The Bertz CT molecular complexity index is 245. The van der Waals surface area contributed by atoms with Crippen molar-refractivity contribution in [1.82, 2.24) is 10.2 Å². The molecule has 0 radical (unpaired) electrons. The highest BCUT2D eigenvalue weighted by Crippen LogP contribution is 2.20. The van der Waals surface area contributed by atoms with Crippen LogP contribution in [0.3, 0.4) is 0 Å². The van der Waals surface area contributed by atoms with Crippen LogP contribution in [0.2, 0.25) is 0 Å². The van der Waals surface area contributed by atoms with Crippen molar-refractivity contribution in [1.29, 1.82) is 0 Å². The molecule has 2 aliphatic heterocycles. The van der Waals surface area contributed by atoms with Crippen molar-refractivity contribution in [3.63, 3.8) is 0 Å². The van der Waals surface area contributed by atoms with Crippen LogP contribution < -0.4 is 5.32 Å². The number of carbonyl (C=O) groups excluding carboxylic acids is 1. The van der Waals surface area contributed by atoms with Gasteiger partial charge in [-0.1, -0.05) is 0 Å². The molecule has 0 amide bonds. The minimum absolute atomic E-state index is 0.0885. The molecule has 2 rings (SSSR count). The van der Waals surface area contributed by atoms with Gasteiger partial charge in [-0.25, -0.2) is 0 Å². The number of hydrogen-bond acceptors (Lipinski definition) is 4. The number of methoxy groups -OCH3 is 1. The van der Waals surface area contributed by atoms with Crippen LogP contribution in [0.1, 0.15) is 32.1 Å². The SMILES string of the molecule is COC(=O)CCCN1CCC2CCC(C1)N2. The zero-order chi connectivity index (χ0) is 11.4.